The number of thioether (sulfide) groups is 2. The van der Waals surface area contributed by atoms with E-state index in [0.29, 0.717) is 12.1 Å². The summed E-state index contributed by atoms with van der Waals surface area (Å²) in [6.45, 7) is 0. The van der Waals surface area contributed by atoms with Crippen LogP contribution in [0.4, 0.5) is 0 Å². The van der Waals surface area contributed by atoms with Crippen LogP contribution in [0.15, 0.2) is 33.4 Å². The molecular formula is C14H18N6S4. The Hall–Kier alpha value is -1.10. The Morgan fingerprint density at radius 1 is 0.833 bits per heavy atom. The van der Waals surface area contributed by atoms with Crippen LogP contribution in [0.1, 0.15) is 9.75 Å². The van der Waals surface area contributed by atoms with Crippen LogP contribution in [0.2, 0.25) is 0 Å². The average Bonchev–Trinajstić information content (AvgIpc) is 3.31. The zero-order valence-electron chi connectivity index (χ0n) is 12.9. The Balaban J connectivity index is 0.000000141. The molecule has 2 aliphatic heterocycles. The molecule has 4 heterocycles. The molecule has 2 aromatic heterocycles. The Morgan fingerprint density at radius 3 is 1.58 bits per heavy atom. The molecular weight excluding hydrogens is 380 g/mol. The van der Waals surface area contributed by atoms with Crippen LogP contribution in [0.5, 0.6) is 0 Å². The van der Waals surface area contributed by atoms with Gasteiger partial charge in [-0.15, -0.1) is 22.7 Å². The van der Waals surface area contributed by atoms with Gasteiger partial charge in [-0.2, -0.15) is 0 Å². The van der Waals surface area contributed by atoms with Crippen molar-refractivity contribution in [1.29, 1.82) is 0 Å². The van der Waals surface area contributed by atoms with Gasteiger partial charge < -0.3 is 11.5 Å². The van der Waals surface area contributed by atoms with Gasteiger partial charge >= 0.3 is 0 Å². The highest BCUT2D eigenvalue weighted by Crippen LogP contribution is 2.20. The van der Waals surface area contributed by atoms with Crippen molar-refractivity contribution in [3.8, 4) is 0 Å². The zero-order chi connectivity index (χ0) is 16.8. The Kier molecular flexibility index (Phi) is 6.52. The van der Waals surface area contributed by atoms with Gasteiger partial charge in [-0.05, 0) is 0 Å². The second kappa shape index (κ2) is 8.84. The SMILES string of the molecule is NC1=NC(Cc2cncs2)CS1.NC1=NC(Cc2cncs2)CS1. The van der Waals surface area contributed by atoms with Crippen LogP contribution in [-0.4, -0.2) is 43.9 Å². The molecule has 0 spiro atoms. The van der Waals surface area contributed by atoms with Gasteiger partial charge in [0.2, 0.25) is 0 Å². The molecule has 0 radical (unpaired) electrons. The summed E-state index contributed by atoms with van der Waals surface area (Å²) in [5, 5.41) is 1.45. The number of nitrogens with two attached hydrogens (primary N) is 2. The number of aliphatic imine (C=N–C) groups is 2. The first-order chi connectivity index (χ1) is 11.7. The molecule has 6 nitrogen and oxygen atoms in total. The van der Waals surface area contributed by atoms with Crippen LogP contribution in [0.25, 0.3) is 0 Å². The lowest BCUT2D eigenvalue weighted by atomic mass is 10.2. The minimum absolute atomic E-state index is 0.371. The topological polar surface area (TPSA) is 103 Å². The molecule has 0 fully saturated rings. The molecule has 0 saturated heterocycles. The first kappa shape index (κ1) is 17.7. The van der Waals surface area contributed by atoms with Gasteiger partial charge in [0.15, 0.2) is 10.3 Å². The summed E-state index contributed by atoms with van der Waals surface area (Å²) >= 11 is 6.64. The van der Waals surface area contributed by atoms with E-state index in [4.69, 9.17) is 11.5 Å². The lowest BCUT2D eigenvalue weighted by Gasteiger charge is -2.00. The molecule has 2 aromatic rings. The van der Waals surface area contributed by atoms with Crippen LogP contribution >= 0.6 is 46.2 Å². The molecule has 0 aliphatic carbocycles. The summed E-state index contributed by atoms with van der Waals surface area (Å²) in [4.78, 5) is 19.2. The van der Waals surface area contributed by atoms with Crippen molar-refractivity contribution >= 4 is 56.5 Å². The number of thiazole rings is 2. The zero-order valence-corrected chi connectivity index (χ0v) is 16.1. The van der Waals surface area contributed by atoms with Gasteiger partial charge in [0.25, 0.3) is 0 Å². The molecule has 0 amide bonds. The van der Waals surface area contributed by atoms with E-state index in [9.17, 15) is 0 Å². The second-order valence-electron chi connectivity index (χ2n) is 5.21. The quantitative estimate of drug-likeness (QED) is 0.819. The van der Waals surface area contributed by atoms with Gasteiger partial charge in [0.05, 0.1) is 23.1 Å². The summed E-state index contributed by atoms with van der Waals surface area (Å²) in [6, 6.07) is 0.742. The van der Waals surface area contributed by atoms with Gasteiger partial charge in [-0.25, -0.2) is 0 Å². The highest BCUT2D eigenvalue weighted by molar-refractivity contribution is 8.14. The van der Waals surface area contributed by atoms with E-state index < -0.39 is 0 Å². The lowest BCUT2D eigenvalue weighted by Crippen LogP contribution is -2.07. The van der Waals surface area contributed by atoms with E-state index in [1.807, 2.05) is 23.4 Å². The first-order valence-corrected chi connectivity index (χ1v) is 11.1. The minimum atomic E-state index is 0.371. The molecule has 10 heteroatoms. The number of aromatic nitrogens is 2. The molecule has 2 aliphatic rings. The average molecular weight is 399 g/mol. The van der Waals surface area contributed by atoms with E-state index in [1.54, 1.807) is 46.2 Å². The van der Waals surface area contributed by atoms with E-state index in [0.717, 1.165) is 34.7 Å². The number of amidine groups is 2. The maximum absolute atomic E-state index is 5.55. The highest BCUT2D eigenvalue weighted by Gasteiger charge is 2.17. The Labute approximate surface area is 157 Å². The number of rotatable bonds is 4. The van der Waals surface area contributed by atoms with Crippen LogP contribution in [0.3, 0.4) is 0 Å². The third-order valence-corrected chi connectivity index (χ3v) is 6.82. The lowest BCUT2D eigenvalue weighted by molar-refractivity contribution is 0.769. The largest absolute Gasteiger partial charge is 0.379 e. The van der Waals surface area contributed by atoms with Crippen LogP contribution in [0, 0.1) is 0 Å². The van der Waals surface area contributed by atoms with E-state index in [1.165, 1.54) is 9.75 Å². The standard InChI is InChI=1S/2C7H9N3S2/c2*8-7-10-5(3-11-7)1-6-2-9-4-12-6/h2*2,4-5H,1,3H2,(H2,8,10). The molecule has 4 N–H and O–H groups in total. The molecule has 24 heavy (non-hydrogen) atoms. The summed E-state index contributed by atoms with van der Waals surface area (Å²) < 4.78 is 0. The number of hydrogen-bond acceptors (Lipinski definition) is 10. The monoisotopic (exact) mass is 398 g/mol. The third-order valence-electron chi connectivity index (χ3n) is 3.31. The van der Waals surface area contributed by atoms with Gasteiger partial charge in [-0.1, -0.05) is 23.5 Å². The van der Waals surface area contributed by atoms with Gasteiger partial charge in [0.1, 0.15) is 0 Å². The molecule has 0 bridgehead atoms. The summed E-state index contributed by atoms with van der Waals surface area (Å²) in [5.41, 5.74) is 14.8. The summed E-state index contributed by atoms with van der Waals surface area (Å²) in [6.07, 6.45) is 5.77. The fraction of sp³-hybridized carbons (Fsp3) is 0.429. The summed E-state index contributed by atoms with van der Waals surface area (Å²) in [5.74, 6) is 2.04. The van der Waals surface area contributed by atoms with Crippen molar-refractivity contribution in [2.24, 2.45) is 21.5 Å². The van der Waals surface area contributed by atoms with Gasteiger partial charge in [-0.3, -0.25) is 20.0 Å². The van der Waals surface area contributed by atoms with Gasteiger partial charge in [0, 0.05) is 46.5 Å². The first-order valence-electron chi connectivity index (χ1n) is 7.36. The van der Waals surface area contributed by atoms with Crippen molar-refractivity contribution in [1.82, 2.24) is 9.97 Å². The maximum Gasteiger partial charge on any atom is 0.154 e. The van der Waals surface area contributed by atoms with Crippen molar-refractivity contribution in [2.75, 3.05) is 11.5 Å². The van der Waals surface area contributed by atoms with Crippen LogP contribution in [-0.2, 0) is 12.8 Å². The second-order valence-corrected chi connectivity index (χ2v) is 9.23. The smallest absolute Gasteiger partial charge is 0.154 e. The van der Waals surface area contributed by atoms with E-state index in [2.05, 4.69) is 20.0 Å². The molecule has 4 rings (SSSR count). The fourth-order valence-corrected chi connectivity index (χ4v) is 5.12. The number of nitrogens with zero attached hydrogens (tertiary/aromatic N) is 4. The Morgan fingerprint density at radius 2 is 1.29 bits per heavy atom. The third kappa shape index (κ3) is 5.47. The molecule has 2 unspecified atom stereocenters. The van der Waals surface area contributed by atoms with Crippen molar-refractivity contribution < 1.29 is 0 Å². The van der Waals surface area contributed by atoms with E-state index in [-0.39, 0.29) is 0 Å². The van der Waals surface area contributed by atoms with Crippen molar-refractivity contribution in [3.05, 3.63) is 33.2 Å². The molecule has 0 saturated carbocycles. The normalized spacial score (nSPS) is 22.7. The predicted molar refractivity (Wildman–Crippen MR) is 107 cm³/mol. The fourth-order valence-electron chi connectivity index (χ4n) is 2.23. The molecule has 0 aromatic carbocycles. The van der Waals surface area contributed by atoms with Crippen molar-refractivity contribution in [2.45, 2.75) is 24.9 Å². The van der Waals surface area contributed by atoms with E-state index >= 15 is 0 Å². The minimum Gasteiger partial charge on any atom is -0.379 e. The highest BCUT2D eigenvalue weighted by atomic mass is 32.2. The summed E-state index contributed by atoms with van der Waals surface area (Å²) in [7, 11) is 0. The van der Waals surface area contributed by atoms with Crippen molar-refractivity contribution in [3.63, 3.8) is 0 Å². The molecule has 128 valence electrons. The maximum atomic E-state index is 5.55. The number of hydrogen-bond donors (Lipinski definition) is 2. The van der Waals surface area contributed by atoms with Crippen LogP contribution < -0.4 is 11.5 Å². The molecule has 2 atom stereocenters. The Bertz CT molecular complexity index is 622. The predicted octanol–water partition coefficient (Wildman–Crippen LogP) is 2.23.